The lowest BCUT2D eigenvalue weighted by molar-refractivity contribution is -0.199. The summed E-state index contributed by atoms with van der Waals surface area (Å²) >= 11 is 4.60. The van der Waals surface area contributed by atoms with Crippen LogP contribution < -0.4 is 4.74 Å². The van der Waals surface area contributed by atoms with Gasteiger partial charge in [0.25, 0.3) is 0 Å². The second-order valence-corrected chi connectivity index (χ2v) is 10.4. The maximum absolute atomic E-state index is 13.3. The van der Waals surface area contributed by atoms with Crippen molar-refractivity contribution in [2.75, 3.05) is 6.61 Å². The van der Waals surface area contributed by atoms with Crippen molar-refractivity contribution in [1.29, 1.82) is 0 Å². The van der Waals surface area contributed by atoms with Gasteiger partial charge >= 0.3 is 17.9 Å². The quantitative estimate of drug-likeness (QED) is 0.149. The van der Waals surface area contributed by atoms with Crippen LogP contribution in [0.15, 0.2) is 115 Å². The van der Waals surface area contributed by atoms with Gasteiger partial charge in [0.05, 0.1) is 16.7 Å². The Labute approximate surface area is 254 Å². The SMILES string of the molecule is Cc1ccc(O[C@@H]2[C@@H](OC(=O)c3ccccc3)[C@H](S)O[C@H](COC(=O)c3ccccc3)[C@@H]2OC(=O)c2ccccc2)cc1. The first-order valence-electron chi connectivity index (χ1n) is 13.7. The molecular weight excluding hydrogens is 568 g/mol. The maximum Gasteiger partial charge on any atom is 0.338 e. The molecule has 9 heteroatoms. The van der Waals surface area contributed by atoms with E-state index in [-0.39, 0.29) is 6.61 Å². The second-order valence-electron chi connectivity index (χ2n) is 9.90. The van der Waals surface area contributed by atoms with E-state index in [0.29, 0.717) is 22.4 Å². The molecule has 1 heterocycles. The van der Waals surface area contributed by atoms with Crippen LogP contribution in [0.5, 0.6) is 5.75 Å². The van der Waals surface area contributed by atoms with E-state index in [2.05, 4.69) is 12.6 Å². The van der Waals surface area contributed by atoms with E-state index in [0.717, 1.165) is 5.56 Å². The lowest BCUT2D eigenvalue weighted by Gasteiger charge is -2.43. The Hall–Kier alpha value is -4.60. The van der Waals surface area contributed by atoms with Crippen LogP contribution in [0, 0.1) is 6.92 Å². The van der Waals surface area contributed by atoms with Crippen LogP contribution in [-0.2, 0) is 18.9 Å². The molecule has 0 aromatic heterocycles. The van der Waals surface area contributed by atoms with Gasteiger partial charge in [-0.2, -0.15) is 0 Å². The third-order valence-electron chi connectivity index (χ3n) is 6.80. The molecule has 8 nitrogen and oxygen atoms in total. The first-order chi connectivity index (χ1) is 20.9. The molecule has 0 radical (unpaired) electrons. The predicted octanol–water partition coefficient (Wildman–Crippen LogP) is 5.71. The van der Waals surface area contributed by atoms with Gasteiger partial charge in [0.2, 0.25) is 0 Å². The minimum atomic E-state index is -1.17. The summed E-state index contributed by atoms with van der Waals surface area (Å²) in [6.07, 6.45) is -4.38. The Morgan fingerprint density at radius 3 is 1.60 bits per heavy atom. The molecule has 0 unspecified atom stereocenters. The molecule has 0 N–H and O–H groups in total. The topological polar surface area (TPSA) is 97.4 Å². The smallest absolute Gasteiger partial charge is 0.338 e. The van der Waals surface area contributed by atoms with Gasteiger partial charge in [-0.3, -0.25) is 0 Å². The molecule has 0 bridgehead atoms. The highest BCUT2D eigenvalue weighted by molar-refractivity contribution is 7.80. The van der Waals surface area contributed by atoms with E-state index in [4.69, 9.17) is 23.7 Å². The Balaban J connectivity index is 1.47. The molecule has 1 aliphatic heterocycles. The number of esters is 3. The van der Waals surface area contributed by atoms with E-state index in [1.165, 1.54) is 0 Å². The molecule has 5 rings (SSSR count). The van der Waals surface area contributed by atoms with Crippen LogP contribution in [0.25, 0.3) is 0 Å². The zero-order valence-electron chi connectivity index (χ0n) is 23.3. The third kappa shape index (κ3) is 7.63. The van der Waals surface area contributed by atoms with Crippen LogP contribution in [-0.4, -0.2) is 54.4 Å². The van der Waals surface area contributed by atoms with Gasteiger partial charge in [0.1, 0.15) is 23.9 Å². The van der Waals surface area contributed by atoms with Crippen LogP contribution >= 0.6 is 12.6 Å². The van der Waals surface area contributed by atoms with E-state index in [1.807, 2.05) is 19.1 Å². The van der Waals surface area contributed by atoms with Gasteiger partial charge in [-0.1, -0.05) is 72.3 Å². The minimum absolute atomic E-state index is 0.287. The number of rotatable bonds is 9. The van der Waals surface area contributed by atoms with E-state index < -0.39 is 47.8 Å². The van der Waals surface area contributed by atoms with E-state index in [9.17, 15) is 14.4 Å². The molecule has 4 aromatic rings. The Kier molecular flexibility index (Phi) is 9.76. The monoisotopic (exact) mass is 598 g/mol. The standard InChI is InChI=1S/C34H30O8S/c1-22-17-19-26(20-18-22)39-29-28(41-32(36)24-13-7-3-8-14-24)27(21-38-31(35)23-11-5-2-6-12-23)40-34(43)30(29)42-33(37)25-15-9-4-10-16-25/h2-20,27-30,34,43H,21H2,1H3/t27-,28+,29+,30-,34+/m1/s1. The molecular formula is C34H30O8S. The lowest BCUT2D eigenvalue weighted by Crippen LogP contribution is -2.62. The van der Waals surface area contributed by atoms with Gasteiger partial charge in [0.15, 0.2) is 18.3 Å². The predicted molar refractivity (Wildman–Crippen MR) is 161 cm³/mol. The molecule has 5 atom stereocenters. The number of carbonyl (C=O) groups is 3. The fourth-order valence-electron chi connectivity index (χ4n) is 4.55. The maximum atomic E-state index is 13.3. The van der Waals surface area contributed by atoms with Crippen molar-refractivity contribution in [2.24, 2.45) is 0 Å². The number of carbonyl (C=O) groups excluding carboxylic acids is 3. The van der Waals surface area contributed by atoms with Gasteiger partial charge < -0.3 is 23.7 Å². The molecule has 1 aliphatic rings. The van der Waals surface area contributed by atoms with Crippen molar-refractivity contribution in [3.63, 3.8) is 0 Å². The molecule has 1 saturated heterocycles. The van der Waals surface area contributed by atoms with Crippen molar-refractivity contribution < 1.29 is 38.1 Å². The second kappa shape index (κ2) is 14.0. The van der Waals surface area contributed by atoms with Crippen molar-refractivity contribution in [3.8, 4) is 5.75 Å². The summed E-state index contributed by atoms with van der Waals surface area (Å²) in [6, 6.07) is 32.6. The zero-order valence-corrected chi connectivity index (χ0v) is 24.2. The van der Waals surface area contributed by atoms with Crippen molar-refractivity contribution in [2.45, 2.75) is 36.8 Å². The third-order valence-corrected chi connectivity index (χ3v) is 7.21. The number of hydrogen-bond donors (Lipinski definition) is 1. The Bertz CT molecular complexity index is 1510. The number of benzene rings is 4. The Morgan fingerprint density at radius 1 is 0.628 bits per heavy atom. The summed E-state index contributed by atoms with van der Waals surface area (Å²) in [5.41, 5.74) is 0.948. The first kappa shape index (κ1) is 29.9. The largest absolute Gasteiger partial charge is 0.482 e. The van der Waals surface area contributed by atoms with E-state index in [1.54, 1.807) is 103 Å². The molecule has 0 aliphatic carbocycles. The minimum Gasteiger partial charge on any atom is -0.482 e. The van der Waals surface area contributed by atoms with Crippen molar-refractivity contribution in [3.05, 3.63) is 138 Å². The Morgan fingerprint density at radius 2 is 1.09 bits per heavy atom. The fraction of sp³-hybridized carbons (Fsp3) is 0.206. The number of ether oxygens (including phenoxy) is 5. The first-order valence-corrected chi connectivity index (χ1v) is 14.2. The van der Waals surface area contributed by atoms with E-state index >= 15 is 0 Å². The summed E-state index contributed by atoms with van der Waals surface area (Å²) < 4.78 is 30.0. The van der Waals surface area contributed by atoms with Crippen molar-refractivity contribution in [1.82, 2.24) is 0 Å². The summed E-state index contributed by atoms with van der Waals surface area (Å²) in [6.45, 7) is 1.65. The fourth-order valence-corrected chi connectivity index (χ4v) is 4.94. The zero-order chi connectivity index (χ0) is 30.2. The van der Waals surface area contributed by atoms with Gasteiger partial charge in [0, 0.05) is 0 Å². The van der Waals surface area contributed by atoms with Crippen LogP contribution in [0.1, 0.15) is 36.6 Å². The van der Waals surface area contributed by atoms with Crippen LogP contribution in [0.3, 0.4) is 0 Å². The van der Waals surface area contributed by atoms with Crippen molar-refractivity contribution >= 4 is 30.5 Å². The van der Waals surface area contributed by atoms with Gasteiger partial charge in [-0.05, 0) is 55.5 Å². The number of hydrogen-bond acceptors (Lipinski definition) is 9. The molecule has 0 saturated carbocycles. The van der Waals surface area contributed by atoms with Crippen LogP contribution in [0.2, 0.25) is 0 Å². The highest BCUT2D eigenvalue weighted by Gasteiger charge is 2.51. The molecule has 1 fully saturated rings. The normalized spacial score (nSPS) is 21.3. The molecule has 43 heavy (non-hydrogen) atoms. The van der Waals surface area contributed by atoms with Gasteiger partial charge in [-0.15, -0.1) is 12.6 Å². The average molecular weight is 599 g/mol. The number of aryl methyl sites for hydroxylation is 1. The molecule has 0 spiro atoms. The summed E-state index contributed by atoms with van der Waals surface area (Å²) in [7, 11) is 0. The highest BCUT2D eigenvalue weighted by atomic mass is 32.1. The summed E-state index contributed by atoms with van der Waals surface area (Å²) in [5.74, 6) is -1.43. The highest BCUT2D eigenvalue weighted by Crippen LogP contribution is 2.33. The van der Waals surface area contributed by atoms with Crippen LogP contribution in [0.4, 0.5) is 0 Å². The molecule has 4 aromatic carbocycles. The lowest BCUT2D eigenvalue weighted by atomic mass is 9.98. The van der Waals surface area contributed by atoms with Gasteiger partial charge in [-0.25, -0.2) is 14.4 Å². The summed E-state index contributed by atoms with van der Waals surface area (Å²) in [5, 5.41) is 0. The number of thiol groups is 1. The summed E-state index contributed by atoms with van der Waals surface area (Å²) in [4.78, 5) is 39.3. The molecule has 220 valence electrons. The molecule has 0 amide bonds. The average Bonchev–Trinajstić information content (AvgIpc) is 3.05.